The van der Waals surface area contributed by atoms with Crippen molar-refractivity contribution < 1.29 is 0 Å². The quantitative estimate of drug-likeness (QED) is 0.615. The molecular weight excluding hydrogens is 230 g/mol. The first kappa shape index (κ1) is 17.2. The fourth-order valence-corrected chi connectivity index (χ4v) is 1.84. The van der Waals surface area contributed by atoms with E-state index in [4.69, 9.17) is 0 Å². The minimum atomic E-state index is 0.925. The fraction of sp³-hybridized carbons (Fsp3) is 0.333. The molecule has 0 aliphatic heterocycles. The van der Waals surface area contributed by atoms with E-state index < -0.39 is 0 Å². The lowest BCUT2D eigenvalue weighted by molar-refractivity contribution is 0.958. The number of hydrogen-bond acceptors (Lipinski definition) is 1. The molecule has 0 unspecified atom stereocenters. The van der Waals surface area contributed by atoms with Crippen molar-refractivity contribution in [1.29, 1.82) is 0 Å². The molecule has 1 nitrogen and oxygen atoms in total. The summed E-state index contributed by atoms with van der Waals surface area (Å²) in [6.45, 7) is 19.1. The molecule has 0 radical (unpaired) electrons. The lowest BCUT2D eigenvalue weighted by Gasteiger charge is -2.23. The Bertz CT molecular complexity index is 441. The van der Waals surface area contributed by atoms with Crippen molar-refractivity contribution >= 4 is 11.3 Å². The summed E-state index contributed by atoms with van der Waals surface area (Å²) >= 11 is 0. The monoisotopic (exact) mass is 257 g/mol. The minimum Gasteiger partial charge on any atom is -0.346 e. The molecule has 0 spiro atoms. The van der Waals surface area contributed by atoms with Gasteiger partial charge in [-0.25, -0.2) is 0 Å². The first-order valence-corrected chi connectivity index (χ1v) is 6.95. The number of allylic oxidation sites excluding steroid dienone is 4. The van der Waals surface area contributed by atoms with Crippen LogP contribution in [0.15, 0.2) is 55.3 Å². The highest BCUT2D eigenvalue weighted by Crippen LogP contribution is 2.23. The Labute approximate surface area is 119 Å². The van der Waals surface area contributed by atoms with Crippen LogP contribution in [0.25, 0.3) is 5.57 Å². The summed E-state index contributed by atoms with van der Waals surface area (Å²) in [4.78, 5) is 2.19. The van der Waals surface area contributed by atoms with E-state index in [2.05, 4.69) is 49.2 Å². The van der Waals surface area contributed by atoms with Crippen molar-refractivity contribution in [2.24, 2.45) is 0 Å². The van der Waals surface area contributed by atoms with Crippen LogP contribution in [0, 0.1) is 0 Å². The lowest BCUT2D eigenvalue weighted by atomic mass is 10.1. The predicted molar refractivity (Wildman–Crippen MR) is 89.5 cm³/mol. The lowest BCUT2D eigenvalue weighted by Crippen LogP contribution is -2.19. The third-order valence-electron chi connectivity index (χ3n) is 2.67. The number of anilines is 1. The summed E-state index contributed by atoms with van der Waals surface area (Å²) in [5, 5.41) is 0. The Morgan fingerprint density at radius 2 is 1.89 bits per heavy atom. The summed E-state index contributed by atoms with van der Waals surface area (Å²) in [5.41, 5.74) is 4.41. The smallest absolute Gasteiger partial charge is 0.0414 e. The fourth-order valence-electron chi connectivity index (χ4n) is 1.84. The first-order chi connectivity index (χ1) is 9.10. The van der Waals surface area contributed by atoms with Gasteiger partial charge in [-0.2, -0.15) is 0 Å². The highest BCUT2D eigenvalue weighted by molar-refractivity contribution is 5.74. The van der Waals surface area contributed by atoms with Crippen molar-refractivity contribution in [3.63, 3.8) is 0 Å². The molecule has 104 valence electrons. The Morgan fingerprint density at radius 3 is 2.37 bits per heavy atom. The van der Waals surface area contributed by atoms with Gasteiger partial charge in [-0.15, -0.1) is 0 Å². The van der Waals surface area contributed by atoms with Crippen LogP contribution in [0.5, 0.6) is 0 Å². The maximum Gasteiger partial charge on any atom is 0.0414 e. The zero-order chi connectivity index (χ0) is 14.8. The average molecular weight is 257 g/mol. The summed E-state index contributed by atoms with van der Waals surface area (Å²) in [5.74, 6) is 0. The third kappa shape index (κ3) is 5.17. The maximum absolute atomic E-state index is 4.06. The SMILES string of the molecule is C=C(/C=C/C)c1cccc(N(CC)C(=C)C)c1.CC. The molecule has 0 saturated carbocycles. The van der Waals surface area contributed by atoms with Crippen molar-refractivity contribution in [2.75, 3.05) is 11.4 Å². The summed E-state index contributed by atoms with van der Waals surface area (Å²) < 4.78 is 0. The van der Waals surface area contributed by atoms with Gasteiger partial charge in [0.05, 0.1) is 0 Å². The van der Waals surface area contributed by atoms with E-state index in [1.54, 1.807) is 0 Å². The van der Waals surface area contributed by atoms with Gasteiger partial charge in [0.25, 0.3) is 0 Å². The zero-order valence-electron chi connectivity index (χ0n) is 13.0. The molecule has 1 rings (SSSR count). The van der Waals surface area contributed by atoms with E-state index in [-0.39, 0.29) is 0 Å². The molecule has 1 aromatic rings. The Hall–Kier alpha value is -1.76. The van der Waals surface area contributed by atoms with Crippen LogP contribution in [0.3, 0.4) is 0 Å². The summed E-state index contributed by atoms with van der Waals surface area (Å²) in [7, 11) is 0. The van der Waals surface area contributed by atoms with E-state index in [0.29, 0.717) is 0 Å². The molecule has 0 aliphatic rings. The molecule has 0 amide bonds. The van der Waals surface area contributed by atoms with Gasteiger partial charge in [0.2, 0.25) is 0 Å². The maximum atomic E-state index is 4.06. The van der Waals surface area contributed by atoms with Crippen molar-refractivity contribution in [1.82, 2.24) is 0 Å². The van der Waals surface area contributed by atoms with Crippen LogP contribution in [-0.2, 0) is 0 Å². The minimum absolute atomic E-state index is 0.925. The van der Waals surface area contributed by atoms with Crippen LogP contribution in [0.4, 0.5) is 5.69 Å². The Balaban J connectivity index is 0.00000154. The van der Waals surface area contributed by atoms with E-state index in [1.807, 2.05) is 39.8 Å². The molecule has 19 heavy (non-hydrogen) atoms. The van der Waals surface area contributed by atoms with Crippen molar-refractivity contribution in [3.8, 4) is 0 Å². The van der Waals surface area contributed by atoms with Gasteiger partial charge < -0.3 is 4.90 Å². The highest BCUT2D eigenvalue weighted by atomic mass is 15.1. The molecule has 0 heterocycles. The first-order valence-electron chi connectivity index (χ1n) is 6.95. The van der Waals surface area contributed by atoms with E-state index in [0.717, 1.165) is 23.4 Å². The van der Waals surface area contributed by atoms with Crippen LogP contribution >= 0.6 is 0 Å². The van der Waals surface area contributed by atoms with E-state index in [9.17, 15) is 0 Å². The second-order valence-corrected chi connectivity index (χ2v) is 4.06. The molecule has 1 heteroatoms. The molecule has 0 bridgehead atoms. The molecule has 0 N–H and O–H groups in total. The van der Waals surface area contributed by atoms with Gasteiger partial charge in [-0.1, -0.05) is 51.3 Å². The number of hydrogen-bond donors (Lipinski definition) is 0. The van der Waals surface area contributed by atoms with E-state index >= 15 is 0 Å². The second kappa shape index (κ2) is 9.21. The standard InChI is InChI=1S/C16H21N.C2H6/c1-6-9-14(5)15-10-8-11-16(12-15)17(7-2)13(3)4;1-2/h6,8-12H,3,5,7H2,1-2,4H3;1-2H3/b9-6+;. The molecule has 0 aliphatic carbocycles. The average Bonchev–Trinajstić information content (AvgIpc) is 2.42. The van der Waals surface area contributed by atoms with Gasteiger partial charge in [-0.05, 0) is 44.0 Å². The van der Waals surface area contributed by atoms with Gasteiger partial charge in [-0.3, -0.25) is 0 Å². The molecule has 0 atom stereocenters. The number of rotatable bonds is 5. The summed E-state index contributed by atoms with van der Waals surface area (Å²) in [6.07, 6.45) is 4.03. The molecule has 0 saturated heterocycles. The third-order valence-corrected chi connectivity index (χ3v) is 2.67. The summed E-state index contributed by atoms with van der Waals surface area (Å²) in [6, 6.07) is 8.40. The highest BCUT2D eigenvalue weighted by Gasteiger charge is 2.05. The van der Waals surface area contributed by atoms with Crippen molar-refractivity contribution in [2.45, 2.75) is 34.6 Å². The van der Waals surface area contributed by atoms with Gasteiger partial charge in [0, 0.05) is 17.9 Å². The Kier molecular flexibility index (Phi) is 8.35. The van der Waals surface area contributed by atoms with Crippen LogP contribution in [0.2, 0.25) is 0 Å². The molecular formula is C18H27N. The largest absolute Gasteiger partial charge is 0.346 e. The molecule has 0 aromatic heterocycles. The van der Waals surface area contributed by atoms with Gasteiger partial charge in [0.15, 0.2) is 0 Å². The van der Waals surface area contributed by atoms with E-state index in [1.165, 1.54) is 5.69 Å². The van der Waals surface area contributed by atoms with Crippen LogP contribution in [0.1, 0.15) is 40.2 Å². The molecule has 0 fully saturated rings. The van der Waals surface area contributed by atoms with Crippen molar-refractivity contribution in [3.05, 3.63) is 60.8 Å². The second-order valence-electron chi connectivity index (χ2n) is 4.06. The predicted octanol–water partition coefficient (Wildman–Crippen LogP) is 5.66. The number of nitrogens with zero attached hydrogens (tertiary/aromatic N) is 1. The van der Waals surface area contributed by atoms with Crippen LogP contribution < -0.4 is 4.90 Å². The van der Waals surface area contributed by atoms with Gasteiger partial charge >= 0.3 is 0 Å². The normalized spacial score (nSPS) is 9.74. The topological polar surface area (TPSA) is 3.24 Å². The van der Waals surface area contributed by atoms with Crippen LogP contribution in [-0.4, -0.2) is 6.54 Å². The molecule has 1 aromatic carbocycles. The number of benzene rings is 1. The van der Waals surface area contributed by atoms with Gasteiger partial charge in [0.1, 0.15) is 0 Å². The Morgan fingerprint density at radius 1 is 1.26 bits per heavy atom. The zero-order valence-corrected chi connectivity index (χ0v) is 13.0.